The van der Waals surface area contributed by atoms with Gasteiger partial charge in [0.15, 0.2) is 0 Å². The monoisotopic (exact) mass is 279 g/mol. The lowest BCUT2D eigenvalue weighted by Crippen LogP contribution is -2.24. The maximum Gasteiger partial charge on any atom is 0.312 e. The molecule has 1 amide bonds. The largest absolute Gasteiger partial charge is 0.461 e. The van der Waals surface area contributed by atoms with Gasteiger partial charge in [0, 0.05) is 20.4 Å². The van der Waals surface area contributed by atoms with Crippen molar-refractivity contribution >= 4 is 17.8 Å². The van der Waals surface area contributed by atoms with Gasteiger partial charge in [-0.1, -0.05) is 12.1 Å². The number of nitrogens with one attached hydrogen (secondary N) is 1. The molecule has 0 saturated heterocycles. The first kappa shape index (κ1) is 15.7. The van der Waals surface area contributed by atoms with Crippen LogP contribution < -0.4 is 10.1 Å². The van der Waals surface area contributed by atoms with Gasteiger partial charge in [0.25, 0.3) is 0 Å². The third-order valence-corrected chi connectivity index (χ3v) is 2.30. The second kappa shape index (κ2) is 7.93. The Morgan fingerprint density at radius 2 is 1.75 bits per heavy atom. The standard InChI is InChI=1S/C14H17NO5/c1-10(16)15-8-7-14(18)20-13-5-3-12(4-6-13)9-19-11(2)17/h3-6H,7-9H2,1-2H3,(H,15,16). The molecular formula is C14H17NO5. The summed E-state index contributed by atoms with van der Waals surface area (Å²) in [5.41, 5.74) is 0.804. The predicted molar refractivity (Wildman–Crippen MR) is 70.8 cm³/mol. The minimum absolute atomic E-state index is 0.106. The van der Waals surface area contributed by atoms with Crippen LogP contribution in [0.25, 0.3) is 0 Å². The van der Waals surface area contributed by atoms with Gasteiger partial charge in [-0.2, -0.15) is 0 Å². The van der Waals surface area contributed by atoms with Crippen molar-refractivity contribution in [2.45, 2.75) is 26.9 Å². The van der Waals surface area contributed by atoms with Crippen molar-refractivity contribution in [3.8, 4) is 5.75 Å². The maximum absolute atomic E-state index is 11.5. The second-order valence-electron chi connectivity index (χ2n) is 4.13. The summed E-state index contributed by atoms with van der Waals surface area (Å²) in [6.45, 7) is 3.16. The van der Waals surface area contributed by atoms with Crippen LogP contribution in [-0.2, 0) is 25.7 Å². The first-order valence-electron chi connectivity index (χ1n) is 6.15. The highest BCUT2D eigenvalue weighted by Gasteiger charge is 2.05. The molecule has 1 rings (SSSR count). The van der Waals surface area contributed by atoms with E-state index in [4.69, 9.17) is 9.47 Å². The van der Waals surface area contributed by atoms with E-state index < -0.39 is 5.97 Å². The molecule has 108 valence electrons. The number of ether oxygens (including phenoxy) is 2. The molecule has 20 heavy (non-hydrogen) atoms. The van der Waals surface area contributed by atoms with Crippen LogP contribution in [0.2, 0.25) is 0 Å². The summed E-state index contributed by atoms with van der Waals surface area (Å²) in [6, 6.07) is 6.66. The van der Waals surface area contributed by atoms with Gasteiger partial charge in [-0.3, -0.25) is 14.4 Å². The fourth-order valence-electron chi connectivity index (χ4n) is 1.36. The van der Waals surface area contributed by atoms with Crippen molar-refractivity contribution in [1.82, 2.24) is 5.32 Å². The average molecular weight is 279 g/mol. The SMILES string of the molecule is CC(=O)NCCC(=O)Oc1ccc(COC(C)=O)cc1. The Morgan fingerprint density at radius 1 is 1.10 bits per heavy atom. The van der Waals surface area contributed by atoms with Gasteiger partial charge >= 0.3 is 11.9 Å². The molecule has 0 aliphatic rings. The van der Waals surface area contributed by atoms with E-state index in [1.807, 2.05) is 0 Å². The van der Waals surface area contributed by atoms with E-state index in [-0.39, 0.29) is 31.4 Å². The molecule has 6 nitrogen and oxygen atoms in total. The van der Waals surface area contributed by atoms with Gasteiger partial charge in [-0.05, 0) is 17.7 Å². The molecule has 0 atom stereocenters. The van der Waals surface area contributed by atoms with Crippen molar-refractivity contribution in [3.63, 3.8) is 0 Å². The maximum atomic E-state index is 11.5. The Bertz CT molecular complexity index is 481. The molecule has 6 heteroatoms. The fourth-order valence-corrected chi connectivity index (χ4v) is 1.36. The molecule has 0 heterocycles. The van der Waals surface area contributed by atoms with Crippen LogP contribution >= 0.6 is 0 Å². The summed E-state index contributed by atoms with van der Waals surface area (Å²) in [6.07, 6.45) is 0.106. The lowest BCUT2D eigenvalue weighted by Gasteiger charge is -2.06. The smallest absolute Gasteiger partial charge is 0.312 e. The Labute approximate surface area is 117 Å². The highest BCUT2D eigenvalue weighted by atomic mass is 16.5. The van der Waals surface area contributed by atoms with E-state index in [0.29, 0.717) is 5.75 Å². The minimum Gasteiger partial charge on any atom is -0.461 e. The number of hydrogen-bond donors (Lipinski definition) is 1. The van der Waals surface area contributed by atoms with Crippen LogP contribution in [-0.4, -0.2) is 24.4 Å². The van der Waals surface area contributed by atoms with Gasteiger partial charge in [-0.15, -0.1) is 0 Å². The lowest BCUT2D eigenvalue weighted by molar-refractivity contribution is -0.142. The van der Waals surface area contributed by atoms with Crippen molar-refractivity contribution in [2.75, 3.05) is 6.54 Å². The fraction of sp³-hybridized carbons (Fsp3) is 0.357. The topological polar surface area (TPSA) is 81.7 Å². The molecule has 0 aliphatic heterocycles. The van der Waals surface area contributed by atoms with Gasteiger partial charge < -0.3 is 14.8 Å². The third kappa shape index (κ3) is 6.53. The molecular weight excluding hydrogens is 262 g/mol. The van der Waals surface area contributed by atoms with Crippen molar-refractivity contribution < 1.29 is 23.9 Å². The molecule has 1 aromatic rings. The molecule has 1 aromatic carbocycles. The summed E-state index contributed by atoms with van der Waals surface area (Å²) >= 11 is 0. The van der Waals surface area contributed by atoms with Crippen LogP contribution in [0.15, 0.2) is 24.3 Å². The number of carbonyl (C=O) groups is 3. The van der Waals surface area contributed by atoms with Gasteiger partial charge in [0.05, 0.1) is 6.42 Å². The van der Waals surface area contributed by atoms with Crippen LogP contribution in [0.4, 0.5) is 0 Å². The number of hydrogen-bond acceptors (Lipinski definition) is 5. The Kier molecular flexibility index (Phi) is 6.22. The van der Waals surface area contributed by atoms with Crippen LogP contribution in [0.5, 0.6) is 5.75 Å². The Hall–Kier alpha value is -2.37. The summed E-state index contributed by atoms with van der Waals surface area (Å²) in [5.74, 6) is -0.554. The van der Waals surface area contributed by atoms with Crippen molar-refractivity contribution in [1.29, 1.82) is 0 Å². The zero-order chi connectivity index (χ0) is 15.0. The van der Waals surface area contributed by atoms with Crippen LogP contribution in [0.1, 0.15) is 25.8 Å². The number of esters is 2. The zero-order valence-corrected chi connectivity index (χ0v) is 11.5. The lowest BCUT2D eigenvalue weighted by atomic mass is 10.2. The molecule has 0 spiro atoms. The minimum atomic E-state index is -0.425. The summed E-state index contributed by atoms with van der Waals surface area (Å²) in [4.78, 5) is 32.7. The molecule has 1 N–H and O–H groups in total. The Morgan fingerprint density at radius 3 is 2.30 bits per heavy atom. The van der Waals surface area contributed by atoms with E-state index in [1.54, 1.807) is 24.3 Å². The van der Waals surface area contributed by atoms with Gasteiger partial charge in [-0.25, -0.2) is 0 Å². The number of amides is 1. The van der Waals surface area contributed by atoms with Crippen molar-refractivity contribution in [2.24, 2.45) is 0 Å². The van der Waals surface area contributed by atoms with Crippen LogP contribution in [0.3, 0.4) is 0 Å². The predicted octanol–water partition coefficient (Wildman–Crippen LogP) is 1.18. The zero-order valence-electron chi connectivity index (χ0n) is 11.5. The summed E-state index contributed by atoms with van der Waals surface area (Å²) in [7, 11) is 0. The normalized spacial score (nSPS) is 9.70. The van der Waals surface area contributed by atoms with Gasteiger partial charge in [0.1, 0.15) is 12.4 Å². The first-order valence-corrected chi connectivity index (χ1v) is 6.15. The summed E-state index contributed by atoms with van der Waals surface area (Å²) in [5, 5.41) is 2.51. The molecule has 0 aliphatic carbocycles. The Balaban J connectivity index is 2.38. The van der Waals surface area contributed by atoms with E-state index in [0.717, 1.165) is 5.56 Å². The van der Waals surface area contributed by atoms with E-state index in [9.17, 15) is 14.4 Å². The average Bonchev–Trinajstić information content (AvgIpc) is 2.37. The highest BCUT2D eigenvalue weighted by Crippen LogP contribution is 2.13. The molecule has 0 bridgehead atoms. The van der Waals surface area contributed by atoms with Gasteiger partial charge in [0.2, 0.25) is 5.91 Å². The molecule has 0 saturated carbocycles. The molecule has 0 unspecified atom stereocenters. The number of benzene rings is 1. The molecule has 0 aromatic heterocycles. The first-order chi connectivity index (χ1) is 9.47. The van der Waals surface area contributed by atoms with E-state index in [1.165, 1.54) is 13.8 Å². The van der Waals surface area contributed by atoms with E-state index >= 15 is 0 Å². The van der Waals surface area contributed by atoms with E-state index in [2.05, 4.69) is 5.32 Å². The third-order valence-electron chi connectivity index (χ3n) is 2.30. The number of carbonyl (C=O) groups excluding carboxylic acids is 3. The summed E-state index contributed by atoms with van der Waals surface area (Å²) < 4.78 is 9.92. The van der Waals surface area contributed by atoms with Crippen molar-refractivity contribution in [3.05, 3.63) is 29.8 Å². The quantitative estimate of drug-likeness (QED) is 0.624. The highest BCUT2D eigenvalue weighted by molar-refractivity contribution is 5.75. The van der Waals surface area contributed by atoms with Crippen LogP contribution in [0, 0.1) is 0 Å². The molecule has 0 radical (unpaired) electrons. The second-order valence-corrected chi connectivity index (χ2v) is 4.13. The number of rotatable bonds is 6. The molecule has 0 fully saturated rings.